The van der Waals surface area contributed by atoms with E-state index in [0.717, 1.165) is 36.8 Å². The van der Waals surface area contributed by atoms with Gasteiger partial charge in [0.25, 0.3) is 0 Å². The molecule has 0 fully saturated rings. The van der Waals surface area contributed by atoms with Crippen LogP contribution < -0.4 is 10.6 Å². The number of fused-ring (bicyclic) bond motifs is 1. The summed E-state index contributed by atoms with van der Waals surface area (Å²) in [6, 6.07) is 0.143. The van der Waals surface area contributed by atoms with Crippen molar-refractivity contribution in [2.75, 3.05) is 32.2 Å². The first-order valence-electron chi connectivity index (χ1n) is 5.67. The minimum Gasteiger partial charge on any atom is -0.383 e. The van der Waals surface area contributed by atoms with Crippen molar-refractivity contribution in [1.82, 2.24) is 4.98 Å². The summed E-state index contributed by atoms with van der Waals surface area (Å²) in [6.07, 6.45) is 3.40. The Hall–Kier alpha value is -0.650. The zero-order valence-electron chi connectivity index (χ0n) is 9.90. The number of ether oxygens (including phenoxy) is 1. The second kappa shape index (κ2) is 5.12. The maximum Gasteiger partial charge on any atom is 0.185 e. The fraction of sp³-hybridized carbons (Fsp3) is 0.727. The number of thiazole rings is 1. The van der Waals surface area contributed by atoms with E-state index in [-0.39, 0.29) is 6.04 Å². The Morgan fingerprint density at radius 1 is 1.62 bits per heavy atom. The predicted octanol–water partition coefficient (Wildman–Crippen LogP) is 1.56. The van der Waals surface area contributed by atoms with Gasteiger partial charge >= 0.3 is 0 Å². The zero-order valence-corrected chi connectivity index (χ0v) is 10.7. The lowest BCUT2D eigenvalue weighted by atomic mass is 9.99. The van der Waals surface area contributed by atoms with Crippen LogP contribution in [0.25, 0.3) is 0 Å². The molecule has 0 saturated heterocycles. The minimum atomic E-state index is 0.143. The number of aryl methyl sites for hydroxylation is 1. The van der Waals surface area contributed by atoms with E-state index < -0.39 is 0 Å². The van der Waals surface area contributed by atoms with Gasteiger partial charge in [-0.15, -0.1) is 11.3 Å². The molecule has 1 aliphatic carbocycles. The second-order valence-corrected chi connectivity index (χ2v) is 5.28. The number of nitrogens with two attached hydrogens (primary N) is 1. The van der Waals surface area contributed by atoms with Gasteiger partial charge in [-0.05, 0) is 19.3 Å². The quantitative estimate of drug-likeness (QED) is 0.869. The van der Waals surface area contributed by atoms with Crippen LogP contribution in [0.5, 0.6) is 0 Å². The fourth-order valence-corrected chi connectivity index (χ4v) is 3.09. The monoisotopic (exact) mass is 241 g/mol. The van der Waals surface area contributed by atoms with Crippen molar-refractivity contribution in [3.8, 4) is 0 Å². The highest BCUT2D eigenvalue weighted by Gasteiger charge is 2.22. The number of rotatable bonds is 4. The van der Waals surface area contributed by atoms with Crippen molar-refractivity contribution >= 4 is 16.5 Å². The number of aromatic nitrogens is 1. The summed E-state index contributed by atoms with van der Waals surface area (Å²) < 4.78 is 5.07. The molecule has 16 heavy (non-hydrogen) atoms. The van der Waals surface area contributed by atoms with Gasteiger partial charge in [-0.1, -0.05) is 0 Å². The van der Waals surface area contributed by atoms with Crippen molar-refractivity contribution in [3.63, 3.8) is 0 Å². The van der Waals surface area contributed by atoms with Gasteiger partial charge in [0.1, 0.15) is 0 Å². The Morgan fingerprint density at radius 3 is 3.12 bits per heavy atom. The Labute approximate surface area is 100 Å². The molecule has 0 aromatic carbocycles. The van der Waals surface area contributed by atoms with Gasteiger partial charge in [-0.2, -0.15) is 0 Å². The van der Waals surface area contributed by atoms with Crippen molar-refractivity contribution in [2.45, 2.75) is 25.3 Å². The summed E-state index contributed by atoms with van der Waals surface area (Å²) in [4.78, 5) is 8.16. The Kier molecular flexibility index (Phi) is 3.78. The molecule has 1 heterocycles. The second-order valence-electron chi connectivity index (χ2n) is 4.22. The maximum absolute atomic E-state index is 6.06. The van der Waals surface area contributed by atoms with Gasteiger partial charge in [0.15, 0.2) is 5.13 Å². The SMILES string of the molecule is COCCN(C)c1nc2c(s1)CCCC2N. The highest BCUT2D eigenvalue weighted by molar-refractivity contribution is 7.15. The van der Waals surface area contributed by atoms with Crippen LogP contribution in [0.4, 0.5) is 5.13 Å². The summed E-state index contributed by atoms with van der Waals surface area (Å²) in [5.74, 6) is 0. The lowest BCUT2D eigenvalue weighted by Crippen LogP contribution is -2.22. The van der Waals surface area contributed by atoms with Crippen LogP contribution in [-0.4, -0.2) is 32.3 Å². The van der Waals surface area contributed by atoms with E-state index >= 15 is 0 Å². The van der Waals surface area contributed by atoms with Crippen LogP contribution in [0.1, 0.15) is 29.5 Å². The molecule has 0 aliphatic heterocycles. The maximum atomic E-state index is 6.06. The van der Waals surface area contributed by atoms with Crippen molar-refractivity contribution in [2.24, 2.45) is 5.73 Å². The van der Waals surface area contributed by atoms with Crippen LogP contribution in [-0.2, 0) is 11.2 Å². The van der Waals surface area contributed by atoms with E-state index in [1.54, 1.807) is 18.4 Å². The van der Waals surface area contributed by atoms with Gasteiger partial charge in [0.2, 0.25) is 0 Å². The normalized spacial score (nSPS) is 19.6. The highest BCUT2D eigenvalue weighted by Crippen LogP contribution is 2.35. The third kappa shape index (κ3) is 2.36. The molecule has 1 atom stereocenters. The molecule has 2 N–H and O–H groups in total. The molecule has 2 rings (SSSR count). The van der Waals surface area contributed by atoms with E-state index in [0.29, 0.717) is 0 Å². The summed E-state index contributed by atoms with van der Waals surface area (Å²) in [5.41, 5.74) is 7.18. The molecule has 0 saturated carbocycles. The molecule has 4 nitrogen and oxygen atoms in total. The third-order valence-corrected chi connectivity index (χ3v) is 4.19. The van der Waals surface area contributed by atoms with Crippen LogP contribution in [0, 0.1) is 0 Å². The highest BCUT2D eigenvalue weighted by atomic mass is 32.1. The van der Waals surface area contributed by atoms with Crippen LogP contribution in [0.15, 0.2) is 0 Å². The molecule has 1 aromatic heterocycles. The van der Waals surface area contributed by atoms with E-state index in [1.165, 1.54) is 11.3 Å². The number of anilines is 1. The molecule has 1 aliphatic rings. The molecule has 0 amide bonds. The summed E-state index contributed by atoms with van der Waals surface area (Å²) >= 11 is 1.78. The number of hydrogen-bond donors (Lipinski definition) is 1. The van der Waals surface area contributed by atoms with E-state index in [4.69, 9.17) is 10.5 Å². The number of hydrogen-bond acceptors (Lipinski definition) is 5. The molecular weight excluding hydrogens is 222 g/mol. The predicted molar refractivity (Wildman–Crippen MR) is 67.1 cm³/mol. The van der Waals surface area contributed by atoms with Gasteiger partial charge in [-0.3, -0.25) is 0 Å². The zero-order chi connectivity index (χ0) is 11.5. The smallest absolute Gasteiger partial charge is 0.185 e. The molecule has 5 heteroatoms. The van der Waals surface area contributed by atoms with Crippen molar-refractivity contribution in [3.05, 3.63) is 10.6 Å². The van der Waals surface area contributed by atoms with Gasteiger partial charge < -0.3 is 15.4 Å². The summed E-state index contributed by atoms with van der Waals surface area (Å²) in [6.45, 7) is 1.60. The fourth-order valence-electron chi connectivity index (χ4n) is 1.93. The Bertz CT molecular complexity index is 353. The molecule has 0 spiro atoms. The van der Waals surface area contributed by atoms with Crippen LogP contribution >= 0.6 is 11.3 Å². The average Bonchev–Trinajstić information content (AvgIpc) is 2.71. The molecule has 0 bridgehead atoms. The molecule has 0 radical (unpaired) electrons. The van der Waals surface area contributed by atoms with E-state index in [9.17, 15) is 0 Å². The van der Waals surface area contributed by atoms with Crippen LogP contribution in [0.3, 0.4) is 0 Å². The van der Waals surface area contributed by atoms with Crippen molar-refractivity contribution in [1.29, 1.82) is 0 Å². The summed E-state index contributed by atoms with van der Waals surface area (Å²) in [5, 5.41) is 1.07. The topological polar surface area (TPSA) is 51.4 Å². The lowest BCUT2D eigenvalue weighted by Gasteiger charge is -2.16. The van der Waals surface area contributed by atoms with Gasteiger partial charge in [0.05, 0.1) is 12.3 Å². The van der Waals surface area contributed by atoms with Crippen molar-refractivity contribution < 1.29 is 4.74 Å². The summed E-state index contributed by atoms with van der Waals surface area (Å²) in [7, 11) is 3.77. The first kappa shape index (κ1) is 11.8. The Balaban J connectivity index is 2.11. The van der Waals surface area contributed by atoms with E-state index in [2.05, 4.69) is 16.9 Å². The first-order valence-corrected chi connectivity index (χ1v) is 6.49. The first-order chi connectivity index (χ1) is 7.72. The third-order valence-electron chi connectivity index (χ3n) is 2.94. The minimum absolute atomic E-state index is 0.143. The standard InChI is InChI=1S/C11H19N3OS/c1-14(6-7-15-2)11-13-10-8(12)4-3-5-9(10)16-11/h8H,3-7,12H2,1-2H3. The van der Waals surface area contributed by atoms with Gasteiger partial charge in [-0.25, -0.2) is 4.98 Å². The lowest BCUT2D eigenvalue weighted by molar-refractivity contribution is 0.206. The number of methoxy groups -OCH3 is 1. The number of nitrogens with zero attached hydrogens (tertiary/aromatic N) is 2. The molecule has 90 valence electrons. The van der Waals surface area contributed by atoms with Crippen LogP contribution in [0.2, 0.25) is 0 Å². The number of likely N-dealkylation sites (N-methyl/N-ethyl adjacent to an activating group) is 1. The molecule has 1 aromatic rings. The largest absolute Gasteiger partial charge is 0.383 e. The Morgan fingerprint density at radius 2 is 2.44 bits per heavy atom. The average molecular weight is 241 g/mol. The van der Waals surface area contributed by atoms with Gasteiger partial charge in [0, 0.05) is 31.6 Å². The molecule has 1 unspecified atom stereocenters. The van der Waals surface area contributed by atoms with E-state index in [1.807, 2.05) is 0 Å². The molecular formula is C11H19N3OS.